The highest BCUT2D eigenvalue weighted by atomic mass is 19.1. The van der Waals surface area contributed by atoms with Crippen molar-refractivity contribution in [2.24, 2.45) is 0 Å². The molecule has 2 aromatic heterocycles. The fourth-order valence-electron chi connectivity index (χ4n) is 3.58. The fraction of sp³-hybridized carbons (Fsp3) is 0.0385. The first-order chi connectivity index (χ1) is 16.2. The number of hydrogen-bond acceptors (Lipinski definition) is 3. The van der Waals surface area contributed by atoms with Crippen LogP contribution in [0.25, 0.3) is 16.9 Å². The largest absolute Gasteiger partial charge is 0.319 e. The number of anilines is 1. The van der Waals surface area contributed by atoms with Crippen molar-refractivity contribution in [1.82, 2.24) is 19.6 Å². The summed E-state index contributed by atoms with van der Waals surface area (Å²) in [5, 5.41) is 11.8. The van der Waals surface area contributed by atoms with Crippen molar-refractivity contribution >= 4 is 11.6 Å². The third kappa shape index (κ3) is 4.43. The van der Waals surface area contributed by atoms with Crippen LogP contribution in [0.5, 0.6) is 0 Å². The number of nitrogens with zero attached hydrogens (tertiary/aromatic N) is 4. The molecular weight excluding hydrogens is 417 g/mol. The zero-order valence-electron chi connectivity index (χ0n) is 17.6. The second-order valence-corrected chi connectivity index (χ2v) is 7.51. The average molecular weight is 437 g/mol. The van der Waals surface area contributed by atoms with E-state index in [0.29, 0.717) is 22.5 Å². The van der Waals surface area contributed by atoms with E-state index in [1.807, 2.05) is 60.7 Å². The molecular formula is C26H20FN5O. The molecule has 33 heavy (non-hydrogen) atoms. The Morgan fingerprint density at radius 1 is 0.879 bits per heavy atom. The van der Waals surface area contributed by atoms with Gasteiger partial charge in [-0.3, -0.25) is 9.48 Å². The van der Waals surface area contributed by atoms with E-state index in [2.05, 4.69) is 15.5 Å². The summed E-state index contributed by atoms with van der Waals surface area (Å²) in [6.07, 6.45) is 4.94. The zero-order valence-corrected chi connectivity index (χ0v) is 17.6. The van der Waals surface area contributed by atoms with Gasteiger partial charge in [-0.05, 0) is 18.2 Å². The molecule has 0 fully saturated rings. The Hall–Kier alpha value is -4.52. The minimum absolute atomic E-state index is 0.268. The van der Waals surface area contributed by atoms with E-state index in [1.54, 1.807) is 46.2 Å². The highest BCUT2D eigenvalue weighted by Crippen LogP contribution is 2.24. The summed E-state index contributed by atoms with van der Waals surface area (Å²) in [6, 6.07) is 25.7. The van der Waals surface area contributed by atoms with E-state index >= 15 is 0 Å². The van der Waals surface area contributed by atoms with Crippen LogP contribution in [0, 0.1) is 5.82 Å². The highest BCUT2D eigenvalue weighted by molar-refractivity contribution is 6.08. The molecule has 5 rings (SSSR count). The first-order valence-electron chi connectivity index (χ1n) is 10.4. The van der Waals surface area contributed by atoms with Gasteiger partial charge in [-0.15, -0.1) is 0 Å². The number of nitrogens with one attached hydrogen (secondary N) is 1. The smallest absolute Gasteiger partial charge is 0.259 e. The summed E-state index contributed by atoms with van der Waals surface area (Å²) in [6.45, 7) is 0.268. The SMILES string of the molecule is O=C(Nc1cnn(Cc2ccccc2F)c1)c1cn(-c2ccccc2)nc1-c1ccccc1. The molecule has 1 amide bonds. The van der Waals surface area contributed by atoms with Gasteiger partial charge in [0.1, 0.15) is 11.5 Å². The lowest BCUT2D eigenvalue weighted by Gasteiger charge is -2.04. The quantitative estimate of drug-likeness (QED) is 0.398. The highest BCUT2D eigenvalue weighted by Gasteiger charge is 2.19. The van der Waals surface area contributed by atoms with Crippen molar-refractivity contribution in [2.75, 3.05) is 5.32 Å². The third-order valence-corrected chi connectivity index (χ3v) is 5.21. The molecule has 7 heteroatoms. The van der Waals surface area contributed by atoms with E-state index in [0.717, 1.165) is 11.3 Å². The monoisotopic (exact) mass is 437 g/mol. The normalized spacial score (nSPS) is 10.8. The number of hydrogen-bond donors (Lipinski definition) is 1. The molecule has 162 valence electrons. The molecule has 0 saturated heterocycles. The van der Waals surface area contributed by atoms with Gasteiger partial charge in [0.2, 0.25) is 0 Å². The van der Waals surface area contributed by atoms with E-state index < -0.39 is 0 Å². The molecule has 2 heterocycles. The Bertz CT molecular complexity index is 1390. The maximum Gasteiger partial charge on any atom is 0.259 e. The summed E-state index contributed by atoms with van der Waals surface area (Å²) in [7, 11) is 0. The number of halogens is 1. The zero-order chi connectivity index (χ0) is 22.6. The Kier molecular flexibility index (Phi) is 5.51. The molecule has 0 radical (unpaired) electrons. The van der Waals surface area contributed by atoms with Gasteiger partial charge in [0.05, 0.1) is 29.7 Å². The van der Waals surface area contributed by atoms with Crippen LogP contribution in [0.3, 0.4) is 0 Å². The van der Waals surface area contributed by atoms with Gasteiger partial charge in [0.25, 0.3) is 5.91 Å². The van der Waals surface area contributed by atoms with Crippen LogP contribution in [-0.4, -0.2) is 25.5 Å². The maximum absolute atomic E-state index is 13.9. The van der Waals surface area contributed by atoms with Crippen molar-refractivity contribution in [3.8, 4) is 16.9 Å². The van der Waals surface area contributed by atoms with Crippen LogP contribution >= 0.6 is 0 Å². The number of carbonyl (C=O) groups excluding carboxylic acids is 1. The maximum atomic E-state index is 13.9. The molecule has 3 aromatic carbocycles. The molecule has 0 bridgehead atoms. The number of carbonyl (C=O) groups is 1. The second kappa shape index (κ2) is 8.92. The molecule has 0 atom stereocenters. The Morgan fingerprint density at radius 3 is 2.33 bits per heavy atom. The lowest BCUT2D eigenvalue weighted by atomic mass is 10.1. The van der Waals surface area contributed by atoms with Crippen LogP contribution < -0.4 is 5.32 Å². The van der Waals surface area contributed by atoms with E-state index in [-0.39, 0.29) is 18.3 Å². The van der Waals surface area contributed by atoms with Crippen molar-refractivity contribution < 1.29 is 9.18 Å². The lowest BCUT2D eigenvalue weighted by molar-refractivity contribution is 0.102. The summed E-state index contributed by atoms with van der Waals surface area (Å²) in [5.74, 6) is -0.596. The first-order valence-corrected chi connectivity index (χ1v) is 10.4. The minimum atomic E-state index is -0.304. The van der Waals surface area contributed by atoms with Crippen molar-refractivity contribution in [3.05, 3.63) is 120 Å². The number of benzene rings is 3. The second-order valence-electron chi connectivity index (χ2n) is 7.51. The molecule has 5 aromatic rings. The van der Waals surface area contributed by atoms with E-state index in [1.165, 1.54) is 6.07 Å². The predicted octanol–water partition coefficient (Wildman–Crippen LogP) is 5.18. The molecule has 6 nitrogen and oxygen atoms in total. The average Bonchev–Trinajstić information content (AvgIpc) is 3.49. The molecule has 0 saturated carbocycles. The van der Waals surface area contributed by atoms with Gasteiger partial charge in [-0.25, -0.2) is 9.07 Å². The summed E-state index contributed by atoms with van der Waals surface area (Å²) < 4.78 is 17.2. The summed E-state index contributed by atoms with van der Waals surface area (Å²) in [5.41, 5.74) is 3.75. The number of aromatic nitrogens is 4. The number of para-hydroxylation sites is 1. The van der Waals surface area contributed by atoms with Crippen molar-refractivity contribution in [1.29, 1.82) is 0 Å². The van der Waals surface area contributed by atoms with Gasteiger partial charge in [-0.1, -0.05) is 66.7 Å². The van der Waals surface area contributed by atoms with Crippen LogP contribution in [0.15, 0.2) is 104 Å². The fourth-order valence-corrected chi connectivity index (χ4v) is 3.58. The summed E-state index contributed by atoms with van der Waals surface area (Å²) in [4.78, 5) is 13.2. The predicted molar refractivity (Wildman–Crippen MR) is 125 cm³/mol. The van der Waals surface area contributed by atoms with Crippen LogP contribution in [0.2, 0.25) is 0 Å². The van der Waals surface area contributed by atoms with Gasteiger partial charge >= 0.3 is 0 Å². The van der Waals surface area contributed by atoms with Gasteiger partial charge in [-0.2, -0.15) is 10.2 Å². The van der Waals surface area contributed by atoms with Crippen LogP contribution in [-0.2, 0) is 6.54 Å². The molecule has 0 spiro atoms. The van der Waals surface area contributed by atoms with Gasteiger partial charge in [0, 0.05) is 23.5 Å². The third-order valence-electron chi connectivity index (χ3n) is 5.21. The molecule has 0 unspecified atom stereocenters. The van der Waals surface area contributed by atoms with Crippen LogP contribution in [0.4, 0.5) is 10.1 Å². The summed E-state index contributed by atoms with van der Waals surface area (Å²) >= 11 is 0. The van der Waals surface area contributed by atoms with Crippen molar-refractivity contribution in [2.45, 2.75) is 6.54 Å². The topological polar surface area (TPSA) is 64.7 Å². The Morgan fingerprint density at radius 2 is 1.58 bits per heavy atom. The van der Waals surface area contributed by atoms with Crippen LogP contribution in [0.1, 0.15) is 15.9 Å². The molecule has 1 N–H and O–H groups in total. The first kappa shape index (κ1) is 20.4. The Balaban J connectivity index is 1.42. The van der Waals surface area contributed by atoms with E-state index in [4.69, 9.17) is 0 Å². The molecule has 0 aliphatic rings. The lowest BCUT2D eigenvalue weighted by Crippen LogP contribution is -2.12. The standard InChI is InChI=1S/C26H20FN5O/c27-24-14-8-7-11-20(24)16-31-17-21(15-28-31)29-26(33)23-18-32(22-12-5-2-6-13-22)30-25(23)19-9-3-1-4-10-19/h1-15,17-18H,16H2,(H,29,33). The number of amides is 1. The van der Waals surface area contributed by atoms with Crippen molar-refractivity contribution in [3.63, 3.8) is 0 Å². The Labute approximate surface area is 189 Å². The number of rotatable bonds is 6. The van der Waals surface area contributed by atoms with Gasteiger partial charge in [0.15, 0.2) is 0 Å². The minimum Gasteiger partial charge on any atom is -0.319 e. The molecule has 0 aliphatic heterocycles. The molecule has 0 aliphatic carbocycles. The van der Waals surface area contributed by atoms with Gasteiger partial charge < -0.3 is 5.32 Å². The van der Waals surface area contributed by atoms with E-state index in [9.17, 15) is 9.18 Å².